The van der Waals surface area contributed by atoms with Crippen LogP contribution >= 0.6 is 11.6 Å². The summed E-state index contributed by atoms with van der Waals surface area (Å²) in [5.74, 6) is -2.30. The van der Waals surface area contributed by atoms with Crippen LogP contribution < -0.4 is 15.4 Å². The standard InChI is InChI=1S/C20H11ClF2N2O3/c21-10-1-5-18-16(7-10)25-20(27)14-9-12(3-6-17(14)28-18)24-19(26)13-4-2-11(22)8-15(13)23/h1-9H,(H,24,26)(H,25,27). The highest BCUT2D eigenvalue weighted by Gasteiger charge is 2.22. The Morgan fingerprint density at radius 1 is 1.00 bits per heavy atom. The van der Waals surface area contributed by atoms with Crippen molar-refractivity contribution in [2.45, 2.75) is 0 Å². The van der Waals surface area contributed by atoms with Gasteiger partial charge in [0.15, 0.2) is 5.75 Å². The van der Waals surface area contributed by atoms with E-state index in [9.17, 15) is 18.4 Å². The first kappa shape index (κ1) is 17.9. The second-order valence-electron chi connectivity index (χ2n) is 5.99. The largest absolute Gasteiger partial charge is 0.454 e. The first-order valence-corrected chi connectivity index (χ1v) is 8.48. The molecule has 0 saturated heterocycles. The van der Waals surface area contributed by atoms with Crippen molar-refractivity contribution in [3.8, 4) is 11.5 Å². The molecule has 0 atom stereocenters. The Morgan fingerprint density at radius 3 is 2.57 bits per heavy atom. The molecule has 1 heterocycles. The van der Waals surface area contributed by atoms with Crippen molar-refractivity contribution in [2.75, 3.05) is 10.6 Å². The van der Waals surface area contributed by atoms with Crippen LogP contribution in [0.3, 0.4) is 0 Å². The zero-order chi connectivity index (χ0) is 19.8. The van der Waals surface area contributed by atoms with E-state index in [1.54, 1.807) is 18.2 Å². The molecule has 3 aromatic carbocycles. The van der Waals surface area contributed by atoms with Gasteiger partial charge in [-0.2, -0.15) is 0 Å². The van der Waals surface area contributed by atoms with Crippen molar-refractivity contribution >= 4 is 34.8 Å². The van der Waals surface area contributed by atoms with Gasteiger partial charge in [-0.15, -0.1) is 0 Å². The van der Waals surface area contributed by atoms with E-state index in [0.29, 0.717) is 22.5 Å². The zero-order valence-corrected chi connectivity index (χ0v) is 14.8. The number of halogens is 3. The van der Waals surface area contributed by atoms with Crippen LogP contribution in [0.25, 0.3) is 0 Å². The third-order valence-electron chi connectivity index (χ3n) is 4.07. The van der Waals surface area contributed by atoms with Crippen LogP contribution in [-0.2, 0) is 0 Å². The van der Waals surface area contributed by atoms with Gasteiger partial charge in [0.1, 0.15) is 17.4 Å². The molecule has 28 heavy (non-hydrogen) atoms. The highest BCUT2D eigenvalue weighted by molar-refractivity contribution is 6.31. The number of amides is 2. The Labute approximate surface area is 162 Å². The molecule has 0 unspecified atom stereocenters. The molecule has 0 aliphatic carbocycles. The summed E-state index contributed by atoms with van der Waals surface area (Å²) in [6.07, 6.45) is 0. The van der Waals surface area contributed by atoms with Gasteiger partial charge < -0.3 is 15.4 Å². The lowest BCUT2D eigenvalue weighted by Crippen LogP contribution is -2.15. The van der Waals surface area contributed by atoms with Gasteiger partial charge in [0.05, 0.1) is 16.8 Å². The molecule has 2 N–H and O–H groups in total. The lowest BCUT2D eigenvalue weighted by molar-refractivity contribution is 0.101. The number of benzene rings is 3. The predicted octanol–water partition coefficient (Wildman–Crippen LogP) is 5.23. The summed E-state index contributed by atoms with van der Waals surface area (Å²) >= 11 is 5.94. The third kappa shape index (κ3) is 3.39. The van der Waals surface area contributed by atoms with Gasteiger partial charge in [0.2, 0.25) is 0 Å². The van der Waals surface area contributed by atoms with Crippen molar-refractivity contribution in [1.82, 2.24) is 0 Å². The van der Waals surface area contributed by atoms with E-state index < -0.39 is 23.4 Å². The van der Waals surface area contributed by atoms with Crippen LogP contribution in [0.1, 0.15) is 20.7 Å². The molecule has 0 aromatic heterocycles. The topological polar surface area (TPSA) is 67.4 Å². The zero-order valence-electron chi connectivity index (χ0n) is 14.1. The van der Waals surface area contributed by atoms with Crippen molar-refractivity contribution in [2.24, 2.45) is 0 Å². The van der Waals surface area contributed by atoms with Gasteiger partial charge in [0, 0.05) is 16.8 Å². The van der Waals surface area contributed by atoms with Gasteiger partial charge in [0.25, 0.3) is 11.8 Å². The van der Waals surface area contributed by atoms with E-state index in [0.717, 1.165) is 12.1 Å². The van der Waals surface area contributed by atoms with Crippen molar-refractivity contribution in [1.29, 1.82) is 0 Å². The summed E-state index contributed by atoms with van der Waals surface area (Å²) in [5.41, 5.74) is 0.506. The molecule has 2 amide bonds. The van der Waals surface area contributed by atoms with Gasteiger partial charge in [-0.25, -0.2) is 8.78 Å². The molecule has 0 spiro atoms. The quantitative estimate of drug-likeness (QED) is 0.619. The summed E-state index contributed by atoms with van der Waals surface area (Å²) < 4.78 is 32.5. The fourth-order valence-electron chi connectivity index (χ4n) is 2.74. The molecule has 1 aliphatic heterocycles. The van der Waals surface area contributed by atoms with Crippen molar-refractivity contribution in [3.63, 3.8) is 0 Å². The number of rotatable bonds is 2. The molecule has 0 bridgehead atoms. The number of anilines is 2. The summed E-state index contributed by atoms with van der Waals surface area (Å²) in [5, 5.41) is 5.60. The number of hydrogen-bond acceptors (Lipinski definition) is 3. The van der Waals surface area contributed by atoms with Crippen molar-refractivity contribution in [3.05, 3.63) is 82.4 Å². The predicted molar refractivity (Wildman–Crippen MR) is 100 cm³/mol. The molecule has 3 aromatic rings. The first-order valence-electron chi connectivity index (χ1n) is 8.10. The van der Waals surface area contributed by atoms with E-state index in [1.165, 1.54) is 18.2 Å². The Balaban J connectivity index is 1.63. The maximum Gasteiger partial charge on any atom is 0.259 e. The Morgan fingerprint density at radius 2 is 1.79 bits per heavy atom. The van der Waals surface area contributed by atoms with E-state index in [2.05, 4.69) is 10.6 Å². The maximum absolute atomic E-state index is 13.8. The molecule has 1 aliphatic rings. The fraction of sp³-hybridized carbons (Fsp3) is 0. The summed E-state index contributed by atoms with van der Waals surface area (Å²) in [4.78, 5) is 24.8. The monoisotopic (exact) mass is 400 g/mol. The molecule has 0 radical (unpaired) electrons. The number of fused-ring (bicyclic) bond motifs is 2. The van der Waals surface area contributed by atoms with E-state index in [1.807, 2.05) is 0 Å². The summed E-state index contributed by atoms with van der Waals surface area (Å²) in [6.45, 7) is 0. The average molecular weight is 401 g/mol. The molecular weight excluding hydrogens is 390 g/mol. The van der Waals surface area contributed by atoms with Gasteiger partial charge >= 0.3 is 0 Å². The molecule has 140 valence electrons. The normalized spacial score (nSPS) is 12.2. The van der Waals surface area contributed by atoms with Gasteiger partial charge in [-0.05, 0) is 48.5 Å². The molecule has 8 heteroatoms. The van der Waals surface area contributed by atoms with Gasteiger partial charge in [-0.3, -0.25) is 9.59 Å². The minimum absolute atomic E-state index is 0.171. The second kappa shape index (κ2) is 6.94. The summed E-state index contributed by atoms with van der Waals surface area (Å²) in [6, 6.07) is 11.9. The molecular formula is C20H11ClF2N2O3. The number of carbonyl (C=O) groups is 2. The highest BCUT2D eigenvalue weighted by Crippen LogP contribution is 2.38. The molecule has 0 saturated carbocycles. The minimum Gasteiger partial charge on any atom is -0.454 e. The minimum atomic E-state index is -0.985. The molecule has 0 fully saturated rings. The smallest absolute Gasteiger partial charge is 0.259 e. The Kier molecular flexibility index (Phi) is 4.44. The number of carbonyl (C=O) groups excluding carboxylic acids is 2. The van der Waals surface area contributed by atoms with Crippen LogP contribution in [0.2, 0.25) is 5.02 Å². The lowest BCUT2D eigenvalue weighted by atomic mass is 10.1. The maximum atomic E-state index is 13.8. The van der Waals surface area contributed by atoms with E-state index in [4.69, 9.17) is 16.3 Å². The third-order valence-corrected chi connectivity index (χ3v) is 4.30. The van der Waals surface area contributed by atoms with Crippen LogP contribution in [0.5, 0.6) is 11.5 Å². The number of ether oxygens (including phenoxy) is 1. The first-order chi connectivity index (χ1) is 13.4. The SMILES string of the molecule is O=C(Nc1ccc2c(c1)C(=O)Nc1cc(Cl)ccc1O2)c1ccc(F)cc1F. The van der Waals surface area contributed by atoms with Crippen LogP contribution in [0.4, 0.5) is 20.2 Å². The van der Waals surface area contributed by atoms with E-state index >= 15 is 0 Å². The fourth-order valence-corrected chi connectivity index (χ4v) is 2.92. The van der Waals surface area contributed by atoms with Crippen LogP contribution in [0.15, 0.2) is 54.6 Å². The Hall–Kier alpha value is -3.45. The van der Waals surface area contributed by atoms with Crippen LogP contribution in [-0.4, -0.2) is 11.8 Å². The highest BCUT2D eigenvalue weighted by atomic mass is 35.5. The number of nitrogens with one attached hydrogen (secondary N) is 2. The number of hydrogen-bond donors (Lipinski definition) is 2. The lowest BCUT2D eigenvalue weighted by Gasteiger charge is -2.10. The van der Waals surface area contributed by atoms with Gasteiger partial charge in [-0.1, -0.05) is 11.6 Å². The Bertz CT molecular complexity index is 1130. The molecule has 5 nitrogen and oxygen atoms in total. The second-order valence-corrected chi connectivity index (χ2v) is 6.42. The van der Waals surface area contributed by atoms with Crippen LogP contribution in [0, 0.1) is 11.6 Å². The van der Waals surface area contributed by atoms with E-state index in [-0.39, 0.29) is 22.6 Å². The van der Waals surface area contributed by atoms with Crippen molar-refractivity contribution < 1.29 is 23.1 Å². The average Bonchev–Trinajstić information content (AvgIpc) is 2.77. The molecule has 4 rings (SSSR count). The summed E-state index contributed by atoms with van der Waals surface area (Å²) in [7, 11) is 0.